The Balaban J connectivity index is 1.41. The third-order valence-corrected chi connectivity index (χ3v) is 10.0. The summed E-state index contributed by atoms with van der Waals surface area (Å²) >= 11 is 0. The largest absolute Gasteiger partial charge is 0.506 e. The van der Waals surface area contributed by atoms with Crippen LogP contribution in [-0.2, 0) is 6.42 Å². The molecule has 0 saturated carbocycles. The lowest BCUT2D eigenvalue weighted by molar-refractivity contribution is -0.384. The molecule has 308 valence electrons. The van der Waals surface area contributed by atoms with Gasteiger partial charge in [0.15, 0.2) is 0 Å². The Bertz CT molecular complexity index is 2250. The van der Waals surface area contributed by atoms with E-state index in [1.54, 1.807) is 6.07 Å². The van der Waals surface area contributed by atoms with E-state index in [4.69, 9.17) is 0 Å². The molecule has 0 aliphatic rings. The van der Waals surface area contributed by atoms with E-state index in [1.807, 2.05) is 27.7 Å². The Hall–Kier alpha value is -7.10. The molecule has 0 aromatic heterocycles. The zero-order chi connectivity index (χ0) is 42.3. The number of benzene rings is 5. The highest BCUT2D eigenvalue weighted by Crippen LogP contribution is 2.48. The summed E-state index contributed by atoms with van der Waals surface area (Å²) in [5, 5.41) is 109. The van der Waals surface area contributed by atoms with Crippen LogP contribution in [0.5, 0.6) is 46.0 Å². The van der Waals surface area contributed by atoms with Crippen molar-refractivity contribution in [1.29, 1.82) is 0 Å². The average molecular weight is 799 g/mol. The van der Waals surface area contributed by atoms with Crippen LogP contribution >= 0.6 is 0 Å². The van der Waals surface area contributed by atoms with Gasteiger partial charge in [0.2, 0.25) is 0 Å². The molecule has 16 heteroatoms. The van der Waals surface area contributed by atoms with Crippen molar-refractivity contribution in [2.24, 2.45) is 0 Å². The van der Waals surface area contributed by atoms with Crippen LogP contribution < -0.4 is 26.8 Å². The Kier molecular flexibility index (Phi) is 13.2. The summed E-state index contributed by atoms with van der Waals surface area (Å²) in [4.78, 5) is 10.5. The number of hydrogen-bond donors (Lipinski definition) is 13. The van der Waals surface area contributed by atoms with E-state index >= 15 is 0 Å². The van der Waals surface area contributed by atoms with E-state index in [9.17, 15) is 51.0 Å². The SMILES string of the molecule is CCCc1ccc(O)c(NC(CC)c2ccc(O)c(NC(CC)c3ccc(O)c(NC(CC)c4ccc(O)c(NNc5ccc([N+](=O)[O-])cc5)c4O)c3O)c2O)c1O. The third kappa shape index (κ3) is 8.80. The zero-order valence-electron chi connectivity index (χ0n) is 32.5. The smallest absolute Gasteiger partial charge is 0.269 e. The molecule has 5 rings (SSSR count). The van der Waals surface area contributed by atoms with Gasteiger partial charge in [-0.2, -0.15) is 0 Å². The van der Waals surface area contributed by atoms with Gasteiger partial charge >= 0.3 is 0 Å². The number of aryl methyl sites for hydroxylation is 1. The van der Waals surface area contributed by atoms with Crippen molar-refractivity contribution in [3.8, 4) is 46.0 Å². The van der Waals surface area contributed by atoms with Gasteiger partial charge in [-0.3, -0.25) is 15.5 Å². The van der Waals surface area contributed by atoms with Gasteiger partial charge < -0.3 is 62.2 Å². The maximum atomic E-state index is 11.7. The first-order valence-electron chi connectivity index (χ1n) is 19.0. The van der Waals surface area contributed by atoms with Crippen molar-refractivity contribution in [2.45, 2.75) is 77.9 Å². The molecule has 0 saturated heterocycles. The van der Waals surface area contributed by atoms with Crippen LogP contribution in [0.25, 0.3) is 0 Å². The lowest BCUT2D eigenvalue weighted by atomic mass is 9.97. The molecule has 0 radical (unpaired) electrons. The second-order valence-electron chi connectivity index (χ2n) is 13.8. The first-order chi connectivity index (χ1) is 27.7. The Morgan fingerprint density at radius 3 is 1.28 bits per heavy atom. The molecule has 3 atom stereocenters. The van der Waals surface area contributed by atoms with Gasteiger partial charge in [0.1, 0.15) is 68.7 Å². The highest BCUT2D eigenvalue weighted by atomic mass is 16.6. The van der Waals surface area contributed by atoms with Crippen molar-refractivity contribution >= 4 is 34.1 Å². The number of nitro benzene ring substituents is 1. The van der Waals surface area contributed by atoms with E-state index in [2.05, 4.69) is 26.8 Å². The predicted octanol–water partition coefficient (Wildman–Crippen LogP) is 9.32. The number of phenolic OH excluding ortho intramolecular Hbond substituents is 8. The number of phenols is 8. The Labute approximate surface area is 335 Å². The molecule has 16 nitrogen and oxygen atoms in total. The number of nitrogens with one attached hydrogen (secondary N) is 5. The highest BCUT2D eigenvalue weighted by molar-refractivity contribution is 5.75. The van der Waals surface area contributed by atoms with Gasteiger partial charge in [-0.15, -0.1) is 0 Å². The Morgan fingerprint density at radius 1 is 0.500 bits per heavy atom. The summed E-state index contributed by atoms with van der Waals surface area (Å²) in [6.45, 7) is 7.46. The monoisotopic (exact) mass is 798 g/mol. The van der Waals surface area contributed by atoms with E-state index in [1.165, 1.54) is 66.7 Å². The first-order valence-corrected chi connectivity index (χ1v) is 19.0. The first kappa shape index (κ1) is 42.1. The maximum Gasteiger partial charge on any atom is 0.269 e. The van der Waals surface area contributed by atoms with Crippen LogP contribution in [-0.4, -0.2) is 45.8 Å². The van der Waals surface area contributed by atoms with Gasteiger partial charge in [-0.25, -0.2) is 0 Å². The number of non-ortho nitro benzene ring substituents is 1. The summed E-state index contributed by atoms with van der Waals surface area (Å²) in [6, 6.07) is 15.3. The number of hydrogen-bond acceptors (Lipinski definition) is 15. The second-order valence-corrected chi connectivity index (χ2v) is 13.8. The number of nitro groups is 1. The maximum absolute atomic E-state index is 11.7. The number of nitrogens with zero attached hydrogens (tertiary/aromatic N) is 1. The van der Waals surface area contributed by atoms with Gasteiger partial charge in [0, 0.05) is 28.8 Å². The molecule has 0 aliphatic carbocycles. The minimum absolute atomic E-state index is 0.0254. The van der Waals surface area contributed by atoms with Crippen molar-refractivity contribution in [3.63, 3.8) is 0 Å². The molecule has 13 N–H and O–H groups in total. The fourth-order valence-corrected chi connectivity index (χ4v) is 6.80. The lowest BCUT2D eigenvalue weighted by Gasteiger charge is -2.27. The van der Waals surface area contributed by atoms with E-state index in [-0.39, 0.29) is 74.4 Å². The van der Waals surface area contributed by atoms with Crippen LogP contribution in [0.4, 0.5) is 34.1 Å². The molecule has 5 aromatic rings. The second kappa shape index (κ2) is 18.2. The van der Waals surface area contributed by atoms with Crippen LogP contribution in [0.15, 0.2) is 72.8 Å². The number of anilines is 5. The summed E-state index contributed by atoms with van der Waals surface area (Å²) < 4.78 is 0. The fourth-order valence-electron chi connectivity index (χ4n) is 6.80. The molecule has 5 aromatic carbocycles. The number of rotatable bonds is 18. The normalized spacial score (nSPS) is 12.6. The zero-order valence-corrected chi connectivity index (χ0v) is 32.5. The quantitative estimate of drug-likeness (QED) is 0.0224. The molecule has 3 unspecified atom stereocenters. The molecule has 0 amide bonds. The van der Waals surface area contributed by atoms with Crippen molar-refractivity contribution in [3.05, 3.63) is 105 Å². The van der Waals surface area contributed by atoms with Crippen LogP contribution in [0.1, 0.15) is 93.8 Å². The van der Waals surface area contributed by atoms with Crippen molar-refractivity contribution in [2.75, 3.05) is 26.8 Å². The molecular weight excluding hydrogens is 748 g/mol. The fraction of sp³-hybridized carbons (Fsp3) is 0.286. The third-order valence-electron chi connectivity index (χ3n) is 10.0. The summed E-state index contributed by atoms with van der Waals surface area (Å²) in [7, 11) is 0. The molecule has 0 fully saturated rings. The molecule has 0 bridgehead atoms. The highest BCUT2D eigenvalue weighted by Gasteiger charge is 2.27. The molecule has 0 heterocycles. The summed E-state index contributed by atoms with van der Waals surface area (Å²) in [5.74, 6) is -2.10. The van der Waals surface area contributed by atoms with E-state index < -0.39 is 23.0 Å². The van der Waals surface area contributed by atoms with E-state index in [0.29, 0.717) is 53.6 Å². The van der Waals surface area contributed by atoms with Crippen molar-refractivity contribution in [1.82, 2.24) is 0 Å². The van der Waals surface area contributed by atoms with Gasteiger partial charge in [-0.1, -0.05) is 40.2 Å². The average Bonchev–Trinajstić information content (AvgIpc) is 3.20. The minimum Gasteiger partial charge on any atom is -0.506 e. The van der Waals surface area contributed by atoms with E-state index in [0.717, 1.165) is 6.42 Å². The minimum atomic E-state index is -0.719. The number of hydrazine groups is 1. The topological polar surface area (TPSA) is 265 Å². The standard InChI is InChI=1S/C42H50N6O10/c1-5-9-22-10-18-31(49)35(39(22)53)43-28(6-2)25-15-19-32(50)36(40(25)54)44-29(7-3)26-16-20-33(51)37(41(26)55)45-30(8-4)27-17-21-34(52)38(42(27)56)47-46-23-11-13-24(14-12-23)48(57)58/h10-21,28-30,43-47,49-56H,5-9H2,1-4H3. The molecule has 0 spiro atoms. The van der Waals surface area contributed by atoms with Gasteiger partial charge in [0.25, 0.3) is 5.69 Å². The summed E-state index contributed by atoms with van der Waals surface area (Å²) in [5.41, 5.74) is 7.40. The molecule has 0 aliphatic heterocycles. The molecular formula is C42H50N6O10. The molecule has 58 heavy (non-hydrogen) atoms. The lowest BCUT2D eigenvalue weighted by Crippen LogP contribution is -2.15. The van der Waals surface area contributed by atoms with Crippen LogP contribution in [0, 0.1) is 10.1 Å². The van der Waals surface area contributed by atoms with Crippen molar-refractivity contribution < 1.29 is 45.8 Å². The Morgan fingerprint density at radius 2 is 0.879 bits per heavy atom. The predicted molar refractivity (Wildman–Crippen MR) is 223 cm³/mol. The van der Waals surface area contributed by atoms with Gasteiger partial charge in [0.05, 0.1) is 28.7 Å². The van der Waals surface area contributed by atoms with Crippen LogP contribution in [0.3, 0.4) is 0 Å². The van der Waals surface area contributed by atoms with Crippen LogP contribution in [0.2, 0.25) is 0 Å². The summed E-state index contributed by atoms with van der Waals surface area (Å²) in [6.07, 6.45) is 2.48. The number of aromatic hydroxyl groups is 8. The van der Waals surface area contributed by atoms with Gasteiger partial charge in [-0.05, 0) is 85.8 Å².